The van der Waals surface area contributed by atoms with E-state index in [9.17, 15) is 27.2 Å². The Bertz CT molecular complexity index is 1600. The number of aryl methyl sites for hydroxylation is 1. The number of hydrogen-bond acceptors (Lipinski definition) is 6. The normalized spacial score (nSPS) is 14.6. The average molecular weight is 571 g/mol. The highest BCUT2D eigenvalue weighted by atomic mass is 32.2. The van der Waals surface area contributed by atoms with Gasteiger partial charge in [-0.05, 0) is 73.2 Å². The fraction of sp³-hybridized carbons (Fsp3) is 0.115. The number of halogens is 4. The number of aromatic nitrogens is 3. The van der Waals surface area contributed by atoms with E-state index in [0.717, 1.165) is 22.2 Å². The summed E-state index contributed by atoms with van der Waals surface area (Å²) in [7, 11) is 0. The average Bonchev–Trinajstić information content (AvgIpc) is 3.53. The minimum absolute atomic E-state index is 0.0271. The van der Waals surface area contributed by atoms with Gasteiger partial charge in [0.05, 0.1) is 17.1 Å². The van der Waals surface area contributed by atoms with Crippen molar-refractivity contribution in [3.8, 4) is 22.8 Å². The van der Waals surface area contributed by atoms with Crippen LogP contribution in [0.4, 0.5) is 33.7 Å². The Kier molecular flexibility index (Phi) is 7.26. The lowest BCUT2D eigenvalue weighted by Gasteiger charge is -2.17. The maximum Gasteiger partial charge on any atom is 0.573 e. The Hall–Kier alpha value is -4.72. The Balaban J connectivity index is 1.26. The van der Waals surface area contributed by atoms with Gasteiger partial charge < -0.3 is 10.1 Å². The molecule has 0 unspecified atom stereocenters. The molecule has 1 aliphatic rings. The van der Waals surface area contributed by atoms with Crippen LogP contribution in [0.5, 0.6) is 5.75 Å². The highest BCUT2D eigenvalue weighted by molar-refractivity contribution is 8.15. The predicted octanol–water partition coefficient (Wildman–Crippen LogP) is 5.95. The van der Waals surface area contributed by atoms with Gasteiger partial charge in [0.1, 0.15) is 17.9 Å². The maximum absolute atomic E-state index is 14.4. The second kappa shape index (κ2) is 10.8. The number of carbonyl (C=O) groups is 2. The zero-order valence-electron chi connectivity index (χ0n) is 20.5. The lowest BCUT2D eigenvalue weighted by Crippen LogP contribution is -2.31. The Labute approximate surface area is 228 Å². The number of amides is 3. The number of anilines is 2. The Morgan fingerprint density at radius 3 is 2.50 bits per heavy atom. The molecular formula is C26H18F4N6O3S. The van der Waals surface area contributed by atoms with Crippen LogP contribution in [0.25, 0.3) is 17.1 Å². The predicted molar refractivity (Wildman–Crippen MR) is 141 cm³/mol. The van der Waals surface area contributed by atoms with Crippen LogP contribution in [0.1, 0.15) is 5.56 Å². The number of benzene rings is 3. The summed E-state index contributed by atoms with van der Waals surface area (Å²) in [6, 6.07) is 15.3. The topological polar surface area (TPSA) is 102 Å². The van der Waals surface area contributed by atoms with Gasteiger partial charge in [-0.3, -0.25) is 9.69 Å². The number of ether oxygens (including phenoxy) is 1. The van der Waals surface area contributed by atoms with Crippen LogP contribution in [0.15, 0.2) is 78.0 Å². The number of rotatable bonds is 5. The zero-order valence-corrected chi connectivity index (χ0v) is 21.3. The molecule has 0 aliphatic carbocycles. The van der Waals surface area contributed by atoms with Crippen LogP contribution in [-0.2, 0) is 4.79 Å². The van der Waals surface area contributed by atoms with E-state index in [2.05, 4.69) is 25.1 Å². The quantitative estimate of drug-likeness (QED) is 0.298. The van der Waals surface area contributed by atoms with Crippen LogP contribution >= 0.6 is 11.8 Å². The van der Waals surface area contributed by atoms with Crippen molar-refractivity contribution < 1.29 is 31.9 Å². The summed E-state index contributed by atoms with van der Waals surface area (Å²) < 4.78 is 56.7. The number of nitrogens with one attached hydrogen (secondary N) is 1. The van der Waals surface area contributed by atoms with E-state index in [4.69, 9.17) is 0 Å². The van der Waals surface area contributed by atoms with Gasteiger partial charge in [0, 0.05) is 11.3 Å². The zero-order chi connectivity index (χ0) is 28.4. The molecule has 0 atom stereocenters. The second-order valence-corrected chi connectivity index (χ2v) is 9.37. The number of amidine groups is 1. The summed E-state index contributed by atoms with van der Waals surface area (Å²) in [4.78, 5) is 34.2. The van der Waals surface area contributed by atoms with Crippen molar-refractivity contribution in [2.24, 2.45) is 4.99 Å². The van der Waals surface area contributed by atoms with Crippen LogP contribution in [0, 0.1) is 12.7 Å². The largest absolute Gasteiger partial charge is 0.573 e. The van der Waals surface area contributed by atoms with Crippen molar-refractivity contribution in [2.45, 2.75) is 13.3 Å². The third-order valence-electron chi connectivity index (χ3n) is 5.53. The number of hydrogen-bond donors (Lipinski definition) is 1. The molecule has 14 heteroatoms. The van der Waals surface area contributed by atoms with Gasteiger partial charge in [0.2, 0.25) is 5.91 Å². The standard InChI is InChI=1S/C26H18F4N6O3S/c1-15-2-11-20(27)21(12-15)36-22(37)13-40-25(36)33-24(38)32-17-5-3-16(4-6-17)23-31-14-35(34-23)18-7-9-19(10-8-18)39-26(28,29)30/h2-12,14H,13H2,1H3,(H,32,38)/b33-25-. The first-order chi connectivity index (χ1) is 19.1. The number of nitrogens with zero attached hydrogens (tertiary/aromatic N) is 5. The number of aliphatic imine (C=N–C) groups is 1. The first-order valence-electron chi connectivity index (χ1n) is 11.6. The number of alkyl halides is 3. The summed E-state index contributed by atoms with van der Waals surface area (Å²) in [5.41, 5.74) is 2.26. The minimum atomic E-state index is -4.78. The SMILES string of the molecule is Cc1ccc(F)c(N2C(=O)CS/C2=N\C(=O)Nc2ccc(-c3ncn(-c4ccc(OC(F)(F)F)cc4)n3)cc2)c1. The molecule has 204 valence electrons. The molecule has 0 spiro atoms. The van der Waals surface area contributed by atoms with Gasteiger partial charge >= 0.3 is 12.4 Å². The van der Waals surface area contributed by atoms with Gasteiger partial charge in [-0.15, -0.1) is 18.3 Å². The molecule has 1 N–H and O–H groups in total. The monoisotopic (exact) mass is 570 g/mol. The van der Waals surface area contributed by atoms with E-state index in [1.165, 1.54) is 47.4 Å². The summed E-state index contributed by atoms with van der Waals surface area (Å²) >= 11 is 1.03. The van der Waals surface area contributed by atoms with Crippen molar-refractivity contribution in [1.29, 1.82) is 0 Å². The van der Waals surface area contributed by atoms with E-state index in [1.807, 2.05) is 0 Å². The summed E-state index contributed by atoms with van der Waals surface area (Å²) in [5, 5.41) is 7.00. The Morgan fingerprint density at radius 1 is 1.07 bits per heavy atom. The Morgan fingerprint density at radius 2 is 1.80 bits per heavy atom. The molecule has 2 heterocycles. The molecule has 0 radical (unpaired) electrons. The van der Waals surface area contributed by atoms with Gasteiger partial charge in [-0.25, -0.2) is 18.9 Å². The molecular weight excluding hydrogens is 552 g/mol. The summed E-state index contributed by atoms with van der Waals surface area (Å²) in [6.45, 7) is 1.76. The van der Waals surface area contributed by atoms with Crippen molar-refractivity contribution >= 4 is 40.2 Å². The maximum atomic E-state index is 14.4. The number of urea groups is 1. The molecule has 1 fully saturated rings. The van der Waals surface area contributed by atoms with Crippen LogP contribution < -0.4 is 15.0 Å². The molecule has 5 rings (SSSR count). The van der Waals surface area contributed by atoms with Gasteiger partial charge in [0.25, 0.3) is 0 Å². The van der Waals surface area contributed by atoms with E-state index >= 15 is 0 Å². The third kappa shape index (κ3) is 6.12. The summed E-state index contributed by atoms with van der Waals surface area (Å²) in [5.74, 6) is -0.978. The fourth-order valence-corrected chi connectivity index (χ4v) is 4.60. The molecule has 3 amide bonds. The molecule has 4 aromatic rings. The lowest BCUT2D eigenvalue weighted by atomic mass is 10.2. The molecule has 40 heavy (non-hydrogen) atoms. The highest BCUT2D eigenvalue weighted by Gasteiger charge is 2.32. The van der Waals surface area contributed by atoms with E-state index in [-0.39, 0.29) is 28.3 Å². The van der Waals surface area contributed by atoms with Crippen molar-refractivity contribution in [1.82, 2.24) is 14.8 Å². The van der Waals surface area contributed by atoms with Gasteiger partial charge in [-0.2, -0.15) is 4.99 Å². The molecule has 1 aromatic heterocycles. The van der Waals surface area contributed by atoms with Crippen molar-refractivity contribution in [2.75, 3.05) is 16.0 Å². The van der Waals surface area contributed by atoms with Crippen molar-refractivity contribution in [3.63, 3.8) is 0 Å². The smallest absolute Gasteiger partial charge is 0.406 e. The van der Waals surface area contributed by atoms with Crippen LogP contribution in [-0.4, -0.2) is 44.0 Å². The molecule has 9 nitrogen and oxygen atoms in total. The lowest BCUT2D eigenvalue weighted by molar-refractivity contribution is -0.274. The molecule has 0 bridgehead atoms. The number of carbonyl (C=O) groups excluding carboxylic acids is 2. The van der Waals surface area contributed by atoms with E-state index in [1.54, 1.807) is 37.3 Å². The van der Waals surface area contributed by atoms with Crippen LogP contribution in [0.2, 0.25) is 0 Å². The molecule has 3 aromatic carbocycles. The minimum Gasteiger partial charge on any atom is -0.406 e. The third-order valence-corrected chi connectivity index (χ3v) is 6.45. The first-order valence-corrected chi connectivity index (χ1v) is 12.5. The molecule has 0 saturated carbocycles. The second-order valence-electron chi connectivity index (χ2n) is 8.43. The van der Waals surface area contributed by atoms with E-state index in [0.29, 0.717) is 22.8 Å². The van der Waals surface area contributed by atoms with Crippen molar-refractivity contribution in [3.05, 3.63) is 84.4 Å². The van der Waals surface area contributed by atoms with Gasteiger partial charge in [0.15, 0.2) is 11.0 Å². The number of thioether (sulfide) groups is 1. The molecule has 1 aliphatic heterocycles. The van der Waals surface area contributed by atoms with Crippen LogP contribution in [0.3, 0.4) is 0 Å². The summed E-state index contributed by atoms with van der Waals surface area (Å²) in [6.07, 6.45) is -3.37. The van der Waals surface area contributed by atoms with Gasteiger partial charge in [-0.1, -0.05) is 17.8 Å². The highest BCUT2D eigenvalue weighted by Crippen LogP contribution is 2.30. The van der Waals surface area contributed by atoms with E-state index < -0.39 is 18.2 Å². The first kappa shape index (κ1) is 26.9. The fourth-order valence-electron chi connectivity index (χ4n) is 3.74. The molecule has 1 saturated heterocycles.